The molecule has 3 aromatic carbocycles. The Kier molecular flexibility index (Phi) is 7.78. The number of hydrogen-bond acceptors (Lipinski definition) is 3. The van der Waals surface area contributed by atoms with Gasteiger partial charge in [0.2, 0.25) is 0 Å². The summed E-state index contributed by atoms with van der Waals surface area (Å²) < 4.78 is 79.0. The van der Waals surface area contributed by atoms with Crippen LogP contribution in [0.25, 0.3) is 11.1 Å². The molecule has 3 aromatic rings. The van der Waals surface area contributed by atoms with E-state index in [-0.39, 0.29) is 23.5 Å². The van der Waals surface area contributed by atoms with Crippen molar-refractivity contribution in [3.8, 4) is 16.9 Å². The van der Waals surface area contributed by atoms with E-state index in [2.05, 4.69) is 11.5 Å². The summed E-state index contributed by atoms with van der Waals surface area (Å²) in [6.45, 7) is 4.82. The van der Waals surface area contributed by atoms with Gasteiger partial charge in [-0.1, -0.05) is 37.3 Å². The molecule has 0 bridgehead atoms. The standard InChI is InChI=1S/C29H27F6NO2/c1-18(37)15-19-16-24(20-5-9-22(10-6-20)28(30,31)32)27(38)25(17-19)26(36-13-3-2-4-14-36)21-7-11-23(12-8-21)29(33,34)35/h5-12,16-17,26,37-38H,1-4,13-15H2. The highest BCUT2D eigenvalue weighted by Crippen LogP contribution is 2.43. The van der Waals surface area contributed by atoms with Crippen molar-refractivity contribution in [1.29, 1.82) is 0 Å². The lowest BCUT2D eigenvalue weighted by Crippen LogP contribution is -2.34. The van der Waals surface area contributed by atoms with Crippen molar-refractivity contribution >= 4 is 0 Å². The Balaban J connectivity index is 1.88. The Morgan fingerprint density at radius 2 is 1.34 bits per heavy atom. The minimum Gasteiger partial charge on any atom is -0.513 e. The van der Waals surface area contributed by atoms with Crippen LogP contribution in [0.1, 0.15) is 53.1 Å². The largest absolute Gasteiger partial charge is 0.513 e. The maximum atomic E-state index is 13.2. The molecule has 1 aliphatic heterocycles. The van der Waals surface area contributed by atoms with Crippen molar-refractivity contribution in [2.75, 3.05) is 13.1 Å². The number of aromatic hydroxyl groups is 1. The van der Waals surface area contributed by atoms with Gasteiger partial charge in [0.05, 0.1) is 22.9 Å². The van der Waals surface area contributed by atoms with Gasteiger partial charge in [-0.2, -0.15) is 26.3 Å². The van der Waals surface area contributed by atoms with Gasteiger partial charge in [-0.05, 0) is 79.0 Å². The third-order valence-corrected chi connectivity index (χ3v) is 6.73. The van der Waals surface area contributed by atoms with E-state index in [1.165, 1.54) is 24.3 Å². The molecule has 9 heteroatoms. The number of aliphatic hydroxyl groups is 1. The molecule has 1 aliphatic rings. The molecule has 0 spiro atoms. The second-order valence-corrected chi connectivity index (χ2v) is 9.52. The van der Waals surface area contributed by atoms with E-state index < -0.39 is 29.5 Å². The zero-order valence-corrected chi connectivity index (χ0v) is 20.4. The number of rotatable bonds is 6. The first-order valence-electron chi connectivity index (χ1n) is 12.2. The molecule has 2 N–H and O–H groups in total. The molecule has 1 saturated heterocycles. The lowest BCUT2D eigenvalue weighted by molar-refractivity contribution is -0.138. The van der Waals surface area contributed by atoms with E-state index >= 15 is 0 Å². The van der Waals surface area contributed by atoms with Crippen molar-refractivity contribution in [2.45, 2.75) is 44.1 Å². The normalized spacial score (nSPS) is 15.8. The molecule has 38 heavy (non-hydrogen) atoms. The number of aliphatic hydroxyl groups excluding tert-OH is 1. The van der Waals surface area contributed by atoms with Crippen LogP contribution < -0.4 is 0 Å². The van der Waals surface area contributed by atoms with E-state index in [0.717, 1.165) is 43.5 Å². The van der Waals surface area contributed by atoms with Crippen LogP contribution >= 0.6 is 0 Å². The Hall–Kier alpha value is -3.46. The number of halogens is 6. The molecule has 0 radical (unpaired) electrons. The molecule has 0 amide bonds. The smallest absolute Gasteiger partial charge is 0.416 e. The minimum atomic E-state index is -4.52. The van der Waals surface area contributed by atoms with Crippen LogP contribution in [0.2, 0.25) is 0 Å². The van der Waals surface area contributed by atoms with Gasteiger partial charge in [0.15, 0.2) is 0 Å². The molecule has 4 rings (SSSR count). The molecule has 0 saturated carbocycles. The van der Waals surface area contributed by atoms with Gasteiger partial charge in [0.1, 0.15) is 5.75 Å². The quantitative estimate of drug-likeness (QED) is 0.247. The van der Waals surface area contributed by atoms with Gasteiger partial charge < -0.3 is 10.2 Å². The molecule has 1 fully saturated rings. The Morgan fingerprint density at radius 1 is 0.816 bits per heavy atom. The fraction of sp³-hybridized carbons (Fsp3) is 0.310. The molecule has 202 valence electrons. The summed E-state index contributed by atoms with van der Waals surface area (Å²) in [5.41, 5.74) is 0.423. The summed E-state index contributed by atoms with van der Waals surface area (Å²) >= 11 is 0. The van der Waals surface area contributed by atoms with Crippen molar-refractivity contribution in [3.63, 3.8) is 0 Å². The summed E-state index contributed by atoms with van der Waals surface area (Å²) in [6.07, 6.45) is -6.25. The fourth-order valence-electron chi connectivity index (χ4n) is 4.94. The molecule has 1 heterocycles. The van der Waals surface area contributed by atoms with Crippen LogP contribution in [0.4, 0.5) is 26.3 Å². The number of phenolic OH excluding ortho intramolecular Hbond substituents is 1. The number of piperidine rings is 1. The second kappa shape index (κ2) is 10.7. The van der Waals surface area contributed by atoms with Crippen molar-refractivity contribution < 1.29 is 36.6 Å². The highest BCUT2D eigenvalue weighted by molar-refractivity contribution is 5.74. The van der Waals surface area contributed by atoms with Crippen LogP contribution in [-0.4, -0.2) is 28.2 Å². The third kappa shape index (κ3) is 6.15. The predicted molar refractivity (Wildman–Crippen MR) is 133 cm³/mol. The van der Waals surface area contributed by atoms with Crippen LogP contribution in [-0.2, 0) is 18.8 Å². The van der Waals surface area contributed by atoms with Crippen LogP contribution in [0, 0.1) is 0 Å². The molecule has 1 unspecified atom stereocenters. The summed E-state index contributed by atoms with van der Waals surface area (Å²) in [6, 6.07) is 11.8. The first kappa shape index (κ1) is 27.6. The zero-order valence-electron chi connectivity index (χ0n) is 20.4. The second-order valence-electron chi connectivity index (χ2n) is 9.52. The van der Waals surface area contributed by atoms with Crippen LogP contribution in [0.5, 0.6) is 5.75 Å². The van der Waals surface area contributed by atoms with Gasteiger partial charge >= 0.3 is 12.4 Å². The summed E-state index contributed by atoms with van der Waals surface area (Å²) in [5.74, 6) is -0.336. The van der Waals surface area contributed by atoms with Gasteiger partial charge in [0.25, 0.3) is 0 Å². The summed E-state index contributed by atoms with van der Waals surface area (Å²) in [7, 11) is 0. The minimum absolute atomic E-state index is 0.0284. The molecular weight excluding hydrogens is 508 g/mol. The van der Waals surface area contributed by atoms with Crippen molar-refractivity contribution in [1.82, 2.24) is 4.90 Å². The van der Waals surface area contributed by atoms with Gasteiger partial charge in [0, 0.05) is 17.5 Å². The fourth-order valence-corrected chi connectivity index (χ4v) is 4.94. The van der Waals surface area contributed by atoms with Crippen LogP contribution in [0.15, 0.2) is 73.0 Å². The number of benzene rings is 3. The van der Waals surface area contributed by atoms with Gasteiger partial charge in [-0.25, -0.2) is 0 Å². The predicted octanol–water partition coefficient (Wildman–Crippen LogP) is 8.29. The third-order valence-electron chi connectivity index (χ3n) is 6.73. The number of alkyl halides is 6. The van der Waals surface area contributed by atoms with Gasteiger partial charge in [-0.3, -0.25) is 4.90 Å². The topological polar surface area (TPSA) is 43.7 Å². The Labute approximate surface area is 216 Å². The number of phenols is 1. The highest BCUT2D eigenvalue weighted by atomic mass is 19.4. The number of allylic oxidation sites excluding steroid dienone is 1. The number of hydrogen-bond donors (Lipinski definition) is 2. The Morgan fingerprint density at radius 3 is 1.84 bits per heavy atom. The SMILES string of the molecule is C=C(O)Cc1cc(-c2ccc(C(F)(F)F)cc2)c(O)c(C(c2ccc(C(F)(F)F)cc2)N2CCCCC2)c1. The first-order valence-corrected chi connectivity index (χ1v) is 12.2. The van der Waals surface area contributed by atoms with E-state index in [4.69, 9.17) is 0 Å². The number of likely N-dealkylation sites (tertiary alicyclic amines) is 1. The first-order chi connectivity index (χ1) is 17.8. The molecule has 3 nitrogen and oxygen atoms in total. The van der Waals surface area contributed by atoms with Crippen molar-refractivity contribution in [3.05, 3.63) is 101 Å². The molecule has 0 aromatic heterocycles. The van der Waals surface area contributed by atoms with E-state index in [1.807, 2.05) is 0 Å². The molecule has 0 aliphatic carbocycles. The van der Waals surface area contributed by atoms with Crippen molar-refractivity contribution in [2.24, 2.45) is 0 Å². The lowest BCUT2D eigenvalue weighted by atomic mass is 9.88. The van der Waals surface area contributed by atoms with E-state index in [9.17, 15) is 36.6 Å². The maximum Gasteiger partial charge on any atom is 0.416 e. The van der Waals surface area contributed by atoms with E-state index in [0.29, 0.717) is 35.3 Å². The van der Waals surface area contributed by atoms with Crippen LogP contribution in [0.3, 0.4) is 0 Å². The number of nitrogens with zero attached hydrogens (tertiary/aromatic N) is 1. The molecular formula is C29H27F6NO2. The lowest BCUT2D eigenvalue weighted by Gasteiger charge is -2.36. The van der Waals surface area contributed by atoms with E-state index in [1.54, 1.807) is 12.1 Å². The average molecular weight is 536 g/mol. The summed E-state index contributed by atoms with van der Waals surface area (Å²) in [4.78, 5) is 2.08. The molecule has 1 atom stereocenters. The zero-order chi connectivity index (χ0) is 27.7. The summed E-state index contributed by atoms with van der Waals surface area (Å²) in [5, 5.41) is 21.3. The van der Waals surface area contributed by atoms with Gasteiger partial charge in [-0.15, -0.1) is 0 Å². The maximum absolute atomic E-state index is 13.2. The Bertz CT molecular complexity index is 1270. The average Bonchev–Trinajstić information content (AvgIpc) is 2.85. The monoisotopic (exact) mass is 535 g/mol. The highest BCUT2D eigenvalue weighted by Gasteiger charge is 2.33.